The zero-order valence-corrected chi connectivity index (χ0v) is 63.6. The van der Waals surface area contributed by atoms with Crippen LogP contribution < -0.4 is 5.73 Å². The van der Waals surface area contributed by atoms with Crippen LogP contribution in [0.2, 0.25) is 0 Å². The van der Waals surface area contributed by atoms with Crippen LogP contribution in [0.25, 0.3) is 183 Å². The van der Waals surface area contributed by atoms with Crippen molar-refractivity contribution < 1.29 is 4.42 Å². The van der Waals surface area contributed by atoms with Crippen LogP contribution in [0, 0.1) is 0 Å². The Hall–Kier alpha value is -15.3. The van der Waals surface area contributed by atoms with Crippen molar-refractivity contribution in [1.82, 2.24) is 4.57 Å². The van der Waals surface area contributed by atoms with Crippen molar-refractivity contribution in [2.24, 2.45) is 15.7 Å². The minimum Gasteiger partial charge on any atom is -0.455 e. The zero-order chi connectivity index (χ0) is 77.3. The second-order valence-electron chi connectivity index (χ2n) is 29.8. The summed E-state index contributed by atoms with van der Waals surface area (Å²) in [4.78, 5) is 9.91. The lowest BCUT2D eigenvalue weighted by molar-refractivity contribution is 0.670. The van der Waals surface area contributed by atoms with Crippen molar-refractivity contribution in [3.63, 3.8) is 0 Å². The quantitative estimate of drug-likeness (QED) is 0.0729. The van der Waals surface area contributed by atoms with Crippen molar-refractivity contribution in [2.45, 2.75) is 6.54 Å². The number of aliphatic imine (C=N–C) groups is 2. The van der Waals surface area contributed by atoms with Crippen LogP contribution in [0.5, 0.6) is 0 Å². The summed E-state index contributed by atoms with van der Waals surface area (Å²) in [6.45, 7) is 0.488. The fourth-order valence-electron chi connectivity index (χ4n) is 16.5. The van der Waals surface area contributed by atoms with E-state index in [1.807, 2.05) is 66.7 Å². The standard InChI is InChI=1S/C111H76N4O/c112-110(114-111(77-31-11-4-12-32-77)113-73-74-25-5-1-6-26-74)98-51-23-47-92(67-98)86-41-17-40-85(61-86)91-46-22-50-97(66-91)102-71-99(72-105-101-53-13-14-54-108(101)116-109(102)105)93-48-21-42-87(65-93)82-37-18-43-88(62-82)94-49-24-52-100(68-94)115-106-57-55-95(89-44-19-38-83(63-89)80-35-15-33-78(59-80)75-27-7-2-8-28-75)69-103(106)104-70-96(56-58-107(104)115)90-45-20-39-84(64-90)81-36-16-34-79(60-81)76-29-9-3-10-30-76/h1-72H,73H2,(H2,112,113,114). The molecule has 546 valence electrons. The Morgan fingerprint density at radius 2 is 0.569 bits per heavy atom. The fourth-order valence-corrected chi connectivity index (χ4v) is 16.5. The molecule has 0 atom stereocenters. The van der Waals surface area contributed by atoms with Crippen molar-refractivity contribution >= 4 is 55.4 Å². The Balaban J connectivity index is 0.624. The lowest BCUT2D eigenvalue weighted by atomic mass is 9.92. The van der Waals surface area contributed by atoms with Gasteiger partial charge in [0.25, 0.3) is 0 Å². The van der Waals surface area contributed by atoms with E-state index in [2.05, 4.69) is 375 Å². The number of benzene rings is 18. The van der Waals surface area contributed by atoms with Gasteiger partial charge in [-0.3, -0.25) is 4.99 Å². The summed E-state index contributed by atoms with van der Waals surface area (Å²) in [5.41, 5.74) is 42.0. The number of hydrogen-bond donors (Lipinski definition) is 1. The van der Waals surface area contributed by atoms with Gasteiger partial charge in [0.15, 0.2) is 5.84 Å². The van der Waals surface area contributed by atoms with E-state index in [1.54, 1.807) is 0 Å². The molecule has 20 aromatic rings. The van der Waals surface area contributed by atoms with Crippen LogP contribution in [0.1, 0.15) is 16.7 Å². The number of rotatable bonds is 17. The third kappa shape index (κ3) is 14.1. The molecule has 0 fully saturated rings. The Kier molecular flexibility index (Phi) is 18.5. The van der Waals surface area contributed by atoms with Crippen molar-refractivity contribution in [3.8, 4) is 139 Å². The molecule has 0 spiro atoms. The number of nitrogens with zero attached hydrogens (tertiary/aromatic N) is 3. The van der Waals surface area contributed by atoms with E-state index in [-0.39, 0.29) is 0 Å². The molecule has 0 aliphatic rings. The normalized spacial score (nSPS) is 11.8. The number of fused-ring (bicyclic) bond motifs is 6. The maximum absolute atomic E-state index is 6.88. The molecule has 0 bridgehead atoms. The minimum atomic E-state index is 0.396. The number of nitrogens with two attached hydrogens (primary N) is 1. The first kappa shape index (κ1) is 69.9. The summed E-state index contributed by atoms with van der Waals surface area (Å²) < 4.78 is 9.31. The molecule has 20 rings (SSSR count). The summed E-state index contributed by atoms with van der Waals surface area (Å²) in [5.74, 6) is 0.981. The van der Waals surface area contributed by atoms with E-state index >= 15 is 0 Å². The summed E-state index contributed by atoms with van der Waals surface area (Å²) in [6, 6.07) is 157. The molecule has 5 heteroatoms. The van der Waals surface area contributed by atoms with E-state index in [1.165, 1.54) is 55.3 Å². The highest BCUT2D eigenvalue weighted by Gasteiger charge is 2.21. The van der Waals surface area contributed by atoms with Crippen LogP contribution >= 0.6 is 0 Å². The molecule has 5 nitrogen and oxygen atoms in total. The Morgan fingerprint density at radius 1 is 0.241 bits per heavy atom. The molecular formula is C111H76N4O. The zero-order valence-electron chi connectivity index (χ0n) is 63.6. The second-order valence-corrected chi connectivity index (χ2v) is 29.8. The van der Waals surface area contributed by atoms with E-state index in [9.17, 15) is 0 Å². The Labute approximate surface area is 674 Å². The molecule has 0 aliphatic heterocycles. The molecule has 116 heavy (non-hydrogen) atoms. The molecule has 0 aliphatic carbocycles. The van der Waals surface area contributed by atoms with Gasteiger partial charge in [-0.1, -0.05) is 328 Å². The van der Waals surface area contributed by atoms with Gasteiger partial charge < -0.3 is 14.7 Å². The molecule has 18 aromatic carbocycles. The molecule has 0 amide bonds. The van der Waals surface area contributed by atoms with Gasteiger partial charge in [0, 0.05) is 43.9 Å². The number of furan rings is 1. The summed E-state index contributed by atoms with van der Waals surface area (Å²) >= 11 is 0. The van der Waals surface area contributed by atoms with Gasteiger partial charge in [-0.05, 0) is 243 Å². The van der Waals surface area contributed by atoms with Gasteiger partial charge >= 0.3 is 0 Å². The lowest BCUT2D eigenvalue weighted by Crippen LogP contribution is -2.16. The van der Waals surface area contributed by atoms with Crippen LogP contribution in [0.4, 0.5) is 0 Å². The SMILES string of the molecule is N/C(=N\C(=N/Cc1ccccc1)c1ccccc1)c1cccc(-c2cccc(-c3cccc(-c4cc(-c5cccc(-c6cccc(-c7cccc(-n8c9ccc(-c%10cccc(-c%11cccc(-c%12ccccc%12)c%11)c%10)cc9c9cc(-c%10cccc(-c%11cccc(-c%12ccccc%12)c%11)c%10)ccc98)c7)c6)c5)cc5c4oc4ccccc45)c3)c2)c1. The second kappa shape index (κ2) is 30.8. The first-order valence-corrected chi connectivity index (χ1v) is 39.5. The van der Waals surface area contributed by atoms with Gasteiger partial charge in [-0.2, -0.15) is 0 Å². The highest BCUT2D eigenvalue weighted by Crippen LogP contribution is 2.44. The molecular weight excluding hydrogens is 1410 g/mol. The number of aromatic nitrogens is 1. The summed E-state index contributed by atoms with van der Waals surface area (Å²) in [5, 5.41) is 4.51. The van der Waals surface area contributed by atoms with E-state index in [0.717, 1.165) is 144 Å². The maximum Gasteiger partial charge on any atom is 0.157 e. The van der Waals surface area contributed by atoms with Crippen LogP contribution in [0.3, 0.4) is 0 Å². The first-order chi connectivity index (χ1) is 57.3. The summed E-state index contributed by atoms with van der Waals surface area (Å²) in [7, 11) is 0. The molecule has 2 aromatic heterocycles. The largest absolute Gasteiger partial charge is 0.455 e. The predicted molar refractivity (Wildman–Crippen MR) is 487 cm³/mol. The van der Waals surface area contributed by atoms with E-state index in [0.29, 0.717) is 18.2 Å². The van der Waals surface area contributed by atoms with E-state index in [4.69, 9.17) is 20.1 Å². The average molecular weight is 1480 g/mol. The molecule has 0 saturated heterocycles. The van der Waals surface area contributed by atoms with Crippen molar-refractivity contribution in [1.29, 1.82) is 0 Å². The van der Waals surface area contributed by atoms with E-state index < -0.39 is 0 Å². The Morgan fingerprint density at radius 3 is 1.03 bits per heavy atom. The van der Waals surface area contributed by atoms with Gasteiger partial charge in [-0.15, -0.1) is 0 Å². The highest BCUT2D eigenvalue weighted by atomic mass is 16.3. The van der Waals surface area contributed by atoms with Crippen LogP contribution in [0.15, 0.2) is 451 Å². The molecule has 0 saturated carbocycles. The molecule has 2 N–H and O–H groups in total. The minimum absolute atomic E-state index is 0.396. The number of para-hydroxylation sites is 1. The Bertz CT molecular complexity index is 6990. The third-order valence-corrected chi connectivity index (χ3v) is 22.4. The van der Waals surface area contributed by atoms with Crippen molar-refractivity contribution in [3.05, 3.63) is 453 Å². The maximum atomic E-state index is 6.88. The number of amidine groups is 2. The van der Waals surface area contributed by atoms with Crippen LogP contribution in [-0.2, 0) is 6.54 Å². The average Bonchev–Trinajstić information content (AvgIpc) is 1.59. The predicted octanol–water partition coefficient (Wildman–Crippen LogP) is 29.0. The summed E-state index contributed by atoms with van der Waals surface area (Å²) in [6.07, 6.45) is 0. The molecule has 0 radical (unpaired) electrons. The molecule has 2 heterocycles. The fraction of sp³-hybridized carbons (Fsp3) is 0.00901. The van der Waals surface area contributed by atoms with Crippen molar-refractivity contribution in [2.75, 3.05) is 0 Å². The monoisotopic (exact) mass is 1480 g/mol. The van der Waals surface area contributed by atoms with Crippen LogP contribution in [-0.4, -0.2) is 16.2 Å². The third-order valence-electron chi connectivity index (χ3n) is 22.4. The first-order valence-electron chi connectivity index (χ1n) is 39.5. The van der Waals surface area contributed by atoms with Gasteiger partial charge in [-0.25, -0.2) is 4.99 Å². The topological polar surface area (TPSA) is 68.8 Å². The lowest BCUT2D eigenvalue weighted by Gasteiger charge is -2.13. The van der Waals surface area contributed by atoms with Gasteiger partial charge in [0.05, 0.1) is 17.6 Å². The number of hydrogen-bond acceptors (Lipinski definition) is 2. The molecule has 0 unspecified atom stereocenters. The van der Waals surface area contributed by atoms with Gasteiger partial charge in [0.2, 0.25) is 0 Å². The highest BCUT2D eigenvalue weighted by molar-refractivity contribution is 6.14. The smallest absolute Gasteiger partial charge is 0.157 e. The van der Waals surface area contributed by atoms with Gasteiger partial charge in [0.1, 0.15) is 17.0 Å².